The maximum Gasteiger partial charge on any atom is 0.407 e. The molecule has 0 aromatic heterocycles. The highest BCUT2D eigenvalue weighted by molar-refractivity contribution is 9.10. The molecule has 0 spiro atoms. The third-order valence-corrected chi connectivity index (χ3v) is 3.22. The second kappa shape index (κ2) is 3.61. The first-order valence-electron chi connectivity index (χ1n) is 4.41. The Kier molecular flexibility index (Phi) is 2.46. The van der Waals surface area contributed by atoms with Crippen molar-refractivity contribution in [3.8, 4) is 0 Å². The Morgan fingerprint density at radius 3 is 2.64 bits per heavy atom. The van der Waals surface area contributed by atoms with E-state index in [4.69, 9.17) is 5.11 Å². The van der Waals surface area contributed by atoms with Crippen molar-refractivity contribution in [3.63, 3.8) is 0 Å². The highest BCUT2D eigenvalue weighted by atomic mass is 79.9. The van der Waals surface area contributed by atoms with E-state index >= 15 is 0 Å². The molecule has 3 nitrogen and oxygen atoms in total. The minimum absolute atomic E-state index is 0.349. The van der Waals surface area contributed by atoms with Gasteiger partial charge >= 0.3 is 6.09 Å². The van der Waals surface area contributed by atoms with Crippen molar-refractivity contribution >= 4 is 22.0 Å². The molecule has 4 heteroatoms. The molecule has 0 saturated carbocycles. The Morgan fingerprint density at radius 1 is 1.43 bits per heavy atom. The van der Waals surface area contributed by atoms with Crippen LogP contribution >= 0.6 is 15.9 Å². The van der Waals surface area contributed by atoms with Gasteiger partial charge in [-0.25, -0.2) is 4.79 Å². The fourth-order valence-corrected chi connectivity index (χ4v) is 2.25. The molecule has 0 unspecified atom stereocenters. The van der Waals surface area contributed by atoms with Gasteiger partial charge in [0.05, 0.1) is 0 Å². The Labute approximate surface area is 90.5 Å². The lowest BCUT2D eigenvalue weighted by Gasteiger charge is -2.37. The van der Waals surface area contributed by atoms with Crippen LogP contribution in [0.15, 0.2) is 28.7 Å². The van der Waals surface area contributed by atoms with Gasteiger partial charge in [-0.2, -0.15) is 0 Å². The van der Waals surface area contributed by atoms with E-state index in [1.165, 1.54) is 10.5 Å². The lowest BCUT2D eigenvalue weighted by atomic mass is 9.92. The number of benzene rings is 1. The van der Waals surface area contributed by atoms with Gasteiger partial charge in [0.2, 0.25) is 0 Å². The maximum atomic E-state index is 10.6. The van der Waals surface area contributed by atoms with Crippen molar-refractivity contribution in [2.45, 2.75) is 5.92 Å². The van der Waals surface area contributed by atoms with Crippen LogP contribution in [0, 0.1) is 0 Å². The van der Waals surface area contributed by atoms with Crippen LogP contribution in [0.2, 0.25) is 0 Å². The number of hydrogen-bond acceptors (Lipinski definition) is 1. The maximum absolute atomic E-state index is 10.6. The average molecular weight is 256 g/mol. The van der Waals surface area contributed by atoms with Crippen molar-refractivity contribution in [2.75, 3.05) is 13.1 Å². The fourth-order valence-electron chi connectivity index (χ4n) is 1.64. The Morgan fingerprint density at radius 2 is 2.07 bits per heavy atom. The third-order valence-electron chi connectivity index (χ3n) is 2.50. The summed E-state index contributed by atoms with van der Waals surface area (Å²) >= 11 is 3.46. The summed E-state index contributed by atoms with van der Waals surface area (Å²) in [5, 5.41) is 8.68. The first-order valence-corrected chi connectivity index (χ1v) is 5.20. The largest absolute Gasteiger partial charge is 0.465 e. The molecule has 0 aliphatic carbocycles. The van der Waals surface area contributed by atoms with Gasteiger partial charge in [0, 0.05) is 23.5 Å². The molecular weight excluding hydrogens is 246 g/mol. The van der Waals surface area contributed by atoms with Gasteiger partial charge < -0.3 is 10.0 Å². The second-order valence-corrected chi connectivity index (χ2v) is 4.26. The summed E-state index contributed by atoms with van der Waals surface area (Å²) in [6, 6.07) is 7.96. The standard InChI is InChI=1S/C10H10BrNO2/c11-9-4-2-1-3-8(9)7-5-12(6-7)10(13)14/h1-4,7H,5-6H2,(H,13,14). The Hall–Kier alpha value is -1.03. The number of rotatable bonds is 1. The molecular formula is C10H10BrNO2. The van der Waals surface area contributed by atoms with Gasteiger partial charge in [-0.05, 0) is 11.6 Å². The normalized spacial score (nSPS) is 16.5. The Balaban J connectivity index is 2.07. The SMILES string of the molecule is O=C(O)N1CC(c2ccccc2Br)C1. The minimum atomic E-state index is -0.826. The lowest BCUT2D eigenvalue weighted by Crippen LogP contribution is -2.47. The molecule has 1 N–H and O–H groups in total. The second-order valence-electron chi connectivity index (χ2n) is 3.41. The molecule has 0 bridgehead atoms. The number of carboxylic acid groups (broad SMARTS) is 1. The van der Waals surface area contributed by atoms with E-state index in [9.17, 15) is 4.79 Å². The summed E-state index contributed by atoms with van der Waals surface area (Å²) in [6.45, 7) is 1.22. The molecule has 0 radical (unpaired) electrons. The lowest BCUT2D eigenvalue weighted by molar-refractivity contribution is 0.105. The first-order chi connectivity index (χ1) is 6.68. The summed E-state index contributed by atoms with van der Waals surface area (Å²) in [7, 11) is 0. The Bertz CT molecular complexity index is 361. The van der Waals surface area contributed by atoms with Gasteiger partial charge in [-0.1, -0.05) is 34.1 Å². The highest BCUT2D eigenvalue weighted by Gasteiger charge is 2.32. The van der Waals surface area contributed by atoms with Crippen LogP contribution < -0.4 is 0 Å². The monoisotopic (exact) mass is 255 g/mol. The van der Waals surface area contributed by atoms with E-state index in [0.717, 1.165) is 4.47 Å². The zero-order valence-electron chi connectivity index (χ0n) is 7.48. The fraction of sp³-hybridized carbons (Fsp3) is 0.300. The first kappa shape index (κ1) is 9.52. The van der Waals surface area contributed by atoms with E-state index in [-0.39, 0.29) is 0 Å². The zero-order chi connectivity index (χ0) is 10.1. The van der Waals surface area contributed by atoms with Crippen molar-refractivity contribution in [3.05, 3.63) is 34.3 Å². The van der Waals surface area contributed by atoms with Gasteiger partial charge in [0.1, 0.15) is 0 Å². The number of carbonyl (C=O) groups is 1. The van der Waals surface area contributed by atoms with Gasteiger partial charge in [-0.15, -0.1) is 0 Å². The predicted molar refractivity (Wildman–Crippen MR) is 56.5 cm³/mol. The number of likely N-dealkylation sites (tertiary alicyclic amines) is 1. The molecule has 2 rings (SSSR count). The van der Waals surface area contributed by atoms with Crippen molar-refractivity contribution in [2.24, 2.45) is 0 Å². The van der Waals surface area contributed by atoms with Crippen LogP contribution in [0.1, 0.15) is 11.5 Å². The number of amides is 1. The van der Waals surface area contributed by atoms with E-state index in [1.54, 1.807) is 0 Å². The number of halogens is 1. The highest BCUT2D eigenvalue weighted by Crippen LogP contribution is 2.31. The molecule has 14 heavy (non-hydrogen) atoms. The van der Waals surface area contributed by atoms with Crippen LogP contribution in [0.5, 0.6) is 0 Å². The molecule has 0 atom stereocenters. The summed E-state index contributed by atoms with van der Waals surface area (Å²) in [5.41, 5.74) is 1.20. The van der Waals surface area contributed by atoms with E-state index < -0.39 is 6.09 Å². The molecule has 1 aliphatic heterocycles. The topological polar surface area (TPSA) is 40.5 Å². The van der Waals surface area contributed by atoms with Crippen molar-refractivity contribution in [1.29, 1.82) is 0 Å². The van der Waals surface area contributed by atoms with E-state index in [1.807, 2.05) is 24.3 Å². The van der Waals surface area contributed by atoms with Gasteiger partial charge in [-0.3, -0.25) is 0 Å². The molecule has 1 aromatic rings. The number of hydrogen-bond donors (Lipinski definition) is 1. The summed E-state index contributed by atoms with van der Waals surface area (Å²) < 4.78 is 1.06. The molecule has 1 aliphatic rings. The molecule has 74 valence electrons. The van der Waals surface area contributed by atoms with Crippen LogP contribution in [0.3, 0.4) is 0 Å². The van der Waals surface area contributed by atoms with Crippen LogP contribution in [0.4, 0.5) is 4.79 Å². The quantitative estimate of drug-likeness (QED) is 0.838. The molecule has 1 fully saturated rings. The molecule has 1 amide bonds. The van der Waals surface area contributed by atoms with Gasteiger partial charge in [0.25, 0.3) is 0 Å². The van der Waals surface area contributed by atoms with Gasteiger partial charge in [0.15, 0.2) is 0 Å². The zero-order valence-corrected chi connectivity index (χ0v) is 9.07. The van der Waals surface area contributed by atoms with Crippen molar-refractivity contribution in [1.82, 2.24) is 4.90 Å². The van der Waals surface area contributed by atoms with E-state index in [0.29, 0.717) is 19.0 Å². The van der Waals surface area contributed by atoms with Crippen molar-refractivity contribution < 1.29 is 9.90 Å². The van der Waals surface area contributed by atoms with E-state index in [2.05, 4.69) is 15.9 Å². The van der Waals surface area contributed by atoms with Crippen LogP contribution in [-0.4, -0.2) is 29.2 Å². The predicted octanol–water partition coefficient (Wildman–Crippen LogP) is 2.53. The summed E-state index contributed by atoms with van der Waals surface area (Å²) in [5.74, 6) is 0.349. The molecule has 1 saturated heterocycles. The molecule has 1 aromatic carbocycles. The number of nitrogens with zero attached hydrogens (tertiary/aromatic N) is 1. The average Bonchev–Trinajstić information content (AvgIpc) is 2.05. The van der Waals surface area contributed by atoms with Crippen LogP contribution in [-0.2, 0) is 0 Å². The smallest absolute Gasteiger partial charge is 0.407 e. The minimum Gasteiger partial charge on any atom is -0.465 e. The molecule has 1 heterocycles. The third kappa shape index (κ3) is 1.62. The van der Waals surface area contributed by atoms with Crippen LogP contribution in [0.25, 0.3) is 0 Å². The summed E-state index contributed by atoms with van der Waals surface area (Å²) in [4.78, 5) is 12.0. The summed E-state index contributed by atoms with van der Waals surface area (Å²) in [6.07, 6.45) is -0.826.